The Bertz CT molecular complexity index is 577. The standard InChI is InChI=1S/C13H11BrF2N2/c1-7-2-3-12(11(17)4-7)18-13-9(15)5-8(14)6-10(13)16/h2-6,18H,17H2,1H3. The van der Waals surface area contributed by atoms with Crippen LogP contribution in [0.15, 0.2) is 34.8 Å². The summed E-state index contributed by atoms with van der Waals surface area (Å²) < 4.78 is 27.6. The van der Waals surface area contributed by atoms with Gasteiger partial charge in [0, 0.05) is 4.47 Å². The first-order chi connectivity index (χ1) is 8.47. The summed E-state index contributed by atoms with van der Waals surface area (Å²) in [5.74, 6) is -1.36. The first kappa shape index (κ1) is 12.8. The molecule has 94 valence electrons. The van der Waals surface area contributed by atoms with Crippen LogP contribution in [0, 0.1) is 18.6 Å². The fraction of sp³-hybridized carbons (Fsp3) is 0.0769. The molecule has 2 nitrogen and oxygen atoms in total. The van der Waals surface area contributed by atoms with Gasteiger partial charge in [-0.25, -0.2) is 8.78 Å². The predicted molar refractivity (Wildman–Crippen MR) is 72.9 cm³/mol. The zero-order valence-corrected chi connectivity index (χ0v) is 11.2. The highest BCUT2D eigenvalue weighted by Crippen LogP contribution is 2.29. The van der Waals surface area contributed by atoms with Gasteiger partial charge in [0.25, 0.3) is 0 Å². The number of hydrogen-bond acceptors (Lipinski definition) is 2. The van der Waals surface area contributed by atoms with E-state index in [9.17, 15) is 8.78 Å². The molecule has 0 radical (unpaired) electrons. The molecule has 0 heterocycles. The predicted octanol–water partition coefficient (Wildman–Crippen LogP) is 4.36. The van der Waals surface area contributed by atoms with Gasteiger partial charge >= 0.3 is 0 Å². The minimum Gasteiger partial charge on any atom is -0.397 e. The van der Waals surface area contributed by atoms with Crippen LogP contribution in [0.3, 0.4) is 0 Å². The summed E-state index contributed by atoms with van der Waals surface area (Å²) in [5, 5.41) is 2.67. The van der Waals surface area contributed by atoms with E-state index in [1.165, 1.54) is 12.1 Å². The van der Waals surface area contributed by atoms with E-state index in [1.807, 2.05) is 13.0 Å². The SMILES string of the molecule is Cc1ccc(Nc2c(F)cc(Br)cc2F)c(N)c1. The maximum absolute atomic E-state index is 13.6. The van der Waals surface area contributed by atoms with Gasteiger partial charge < -0.3 is 11.1 Å². The molecule has 0 aliphatic heterocycles. The Labute approximate surface area is 112 Å². The van der Waals surface area contributed by atoms with Crippen LogP contribution in [0.4, 0.5) is 25.8 Å². The number of nitrogen functional groups attached to an aromatic ring is 1. The van der Waals surface area contributed by atoms with Gasteiger partial charge in [-0.1, -0.05) is 22.0 Å². The fourth-order valence-corrected chi connectivity index (χ4v) is 1.99. The van der Waals surface area contributed by atoms with E-state index in [0.29, 0.717) is 15.8 Å². The molecule has 0 aromatic heterocycles. The van der Waals surface area contributed by atoms with E-state index in [1.54, 1.807) is 12.1 Å². The Morgan fingerprint density at radius 3 is 2.28 bits per heavy atom. The molecular formula is C13H11BrF2N2. The minimum absolute atomic E-state index is 0.214. The van der Waals surface area contributed by atoms with Crippen molar-refractivity contribution in [3.05, 3.63) is 52.0 Å². The topological polar surface area (TPSA) is 38.0 Å². The lowest BCUT2D eigenvalue weighted by Gasteiger charge is -2.12. The van der Waals surface area contributed by atoms with Crippen LogP contribution in [0.5, 0.6) is 0 Å². The maximum Gasteiger partial charge on any atom is 0.150 e. The van der Waals surface area contributed by atoms with Gasteiger partial charge in [0.15, 0.2) is 11.6 Å². The number of rotatable bonds is 2. The van der Waals surface area contributed by atoms with Crippen molar-refractivity contribution < 1.29 is 8.78 Å². The molecule has 2 rings (SSSR count). The van der Waals surface area contributed by atoms with Crippen LogP contribution in [-0.2, 0) is 0 Å². The molecule has 2 aromatic carbocycles. The Morgan fingerprint density at radius 1 is 1.11 bits per heavy atom. The van der Waals surface area contributed by atoms with Crippen molar-refractivity contribution >= 4 is 33.0 Å². The molecule has 0 spiro atoms. The monoisotopic (exact) mass is 312 g/mol. The highest BCUT2D eigenvalue weighted by atomic mass is 79.9. The summed E-state index contributed by atoms with van der Waals surface area (Å²) in [4.78, 5) is 0. The number of aryl methyl sites for hydroxylation is 1. The summed E-state index contributed by atoms with van der Waals surface area (Å²) in [6.45, 7) is 1.89. The lowest BCUT2D eigenvalue weighted by atomic mass is 10.2. The summed E-state index contributed by atoms with van der Waals surface area (Å²) in [7, 11) is 0. The third-order valence-electron chi connectivity index (χ3n) is 2.47. The molecule has 0 aliphatic rings. The van der Waals surface area contributed by atoms with Crippen LogP contribution in [0.2, 0.25) is 0 Å². The van der Waals surface area contributed by atoms with E-state index in [4.69, 9.17) is 5.73 Å². The van der Waals surface area contributed by atoms with Gasteiger partial charge in [0.05, 0.1) is 11.4 Å². The van der Waals surface area contributed by atoms with Crippen molar-refractivity contribution in [3.8, 4) is 0 Å². The molecule has 2 aromatic rings. The first-order valence-corrected chi connectivity index (χ1v) is 6.04. The molecule has 0 unspecified atom stereocenters. The second kappa shape index (κ2) is 4.94. The minimum atomic E-state index is -0.679. The molecule has 5 heteroatoms. The molecule has 0 aliphatic carbocycles. The summed E-state index contributed by atoms with van der Waals surface area (Å²) in [6, 6.07) is 7.61. The van der Waals surface area contributed by atoms with Crippen molar-refractivity contribution in [1.29, 1.82) is 0 Å². The quantitative estimate of drug-likeness (QED) is 0.808. The molecule has 0 bridgehead atoms. The summed E-state index contributed by atoms with van der Waals surface area (Å²) >= 11 is 3.02. The average Bonchev–Trinajstić information content (AvgIpc) is 2.25. The second-order valence-electron chi connectivity index (χ2n) is 3.96. The second-order valence-corrected chi connectivity index (χ2v) is 4.88. The van der Waals surface area contributed by atoms with Crippen molar-refractivity contribution in [2.75, 3.05) is 11.1 Å². The number of nitrogens with two attached hydrogens (primary N) is 1. The van der Waals surface area contributed by atoms with Crippen molar-refractivity contribution in [1.82, 2.24) is 0 Å². The molecular weight excluding hydrogens is 302 g/mol. The lowest BCUT2D eigenvalue weighted by molar-refractivity contribution is 0.589. The molecule has 3 N–H and O–H groups in total. The van der Waals surface area contributed by atoms with Crippen molar-refractivity contribution in [2.45, 2.75) is 6.92 Å². The van der Waals surface area contributed by atoms with Crippen LogP contribution < -0.4 is 11.1 Å². The van der Waals surface area contributed by atoms with Crippen LogP contribution >= 0.6 is 15.9 Å². The van der Waals surface area contributed by atoms with E-state index < -0.39 is 11.6 Å². The smallest absolute Gasteiger partial charge is 0.150 e. The van der Waals surface area contributed by atoms with E-state index in [-0.39, 0.29) is 5.69 Å². The zero-order chi connectivity index (χ0) is 13.3. The third kappa shape index (κ3) is 2.61. The Balaban J connectivity index is 2.40. The van der Waals surface area contributed by atoms with Gasteiger partial charge in [0.2, 0.25) is 0 Å². The molecule has 0 fully saturated rings. The largest absolute Gasteiger partial charge is 0.397 e. The molecule has 18 heavy (non-hydrogen) atoms. The highest BCUT2D eigenvalue weighted by molar-refractivity contribution is 9.10. The molecule has 0 saturated carbocycles. The van der Waals surface area contributed by atoms with Crippen LogP contribution in [0.25, 0.3) is 0 Å². The van der Waals surface area contributed by atoms with Gasteiger partial charge in [-0.15, -0.1) is 0 Å². The van der Waals surface area contributed by atoms with E-state index >= 15 is 0 Å². The number of anilines is 3. The molecule has 0 atom stereocenters. The molecule has 0 amide bonds. The van der Waals surface area contributed by atoms with E-state index in [2.05, 4.69) is 21.2 Å². The summed E-state index contributed by atoms with van der Waals surface area (Å²) in [6.07, 6.45) is 0. The lowest BCUT2D eigenvalue weighted by Crippen LogP contribution is -2.01. The van der Waals surface area contributed by atoms with Gasteiger partial charge in [-0.2, -0.15) is 0 Å². The Morgan fingerprint density at radius 2 is 1.72 bits per heavy atom. The Kier molecular flexibility index (Phi) is 3.52. The first-order valence-electron chi connectivity index (χ1n) is 5.25. The number of nitrogens with one attached hydrogen (secondary N) is 1. The van der Waals surface area contributed by atoms with Crippen LogP contribution in [0.1, 0.15) is 5.56 Å². The fourth-order valence-electron chi connectivity index (χ4n) is 1.59. The van der Waals surface area contributed by atoms with E-state index in [0.717, 1.165) is 5.56 Å². The van der Waals surface area contributed by atoms with Gasteiger partial charge in [-0.3, -0.25) is 0 Å². The number of halogens is 3. The van der Waals surface area contributed by atoms with Gasteiger partial charge in [0.1, 0.15) is 5.69 Å². The number of hydrogen-bond donors (Lipinski definition) is 2. The summed E-state index contributed by atoms with van der Waals surface area (Å²) in [5.41, 5.74) is 7.46. The third-order valence-corrected chi connectivity index (χ3v) is 2.93. The average molecular weight is 313 g/mol. The highest BCUT2D eigenvalue weighted by Gasteiger charge is 2.11. The zero-order valence-electron chi connectivity index (χ0n) is 9.60. The number of benzene rings is 2. The molecule has 0 saturated heterocycles. The van der Waals surface area contributed by atoms with Crippen LogP contribution in [-0.4, -0.2) is 0 Å². The maximum atomic E-state index is 13.6. The van der Waals surface area contributed by atoms with Gasteiger partial charge in [-0.05, 0) is 36.8 Å². The van der Waals surface area contributed by atoms with Crippen molar-refractivity contribution in [2.24, 2.45) is 0 Å². The Hall–Kier alpha value is -1.62. The normalized spacial score (nSPS) is 10.4. The van der Waals surface area contributed by atoms with Crippen molar-refractivity contribution in [3.63, 3.8) is 0 Å².